The lowest BCUT2D eigenvalue weighted by Gasteiger charge is -2.33. The monoisotopic (exact) mass is 364 g/mol. The third kappa shape index (κ3) is 2.89. The molecule has 6 nitrogen and oxygen atoms in total. The number of aromatic amines is 1. The smallest absolute Gasteiger partial charge is 0.259 e. The van der Waals surface area contributed by atoms with Crippen LogP contribution < -0.4 is 10.9 Å². The number of imidazole rings is 1. The summed E-state index contributed by atoms with van der Waals surface area (Å²) in [7, 11) is 0. The first-order valence-corrected chi connectivity index (χ1v) is 9.65. The number of aromatic nitrogens is 3. The van der Waals surface area contributed by atoms with Crippen molar-refractivity contribution in [2.75, 3.05) is 19.7 Å². The normalized spacial score (nSPS) is 21.9. The minimum absolute atomic E-state index is 0.0234. The quantitative estimate of drug-likeness (QED) is 0.733. The number of rotatable bonds is 2. The Hall–Kier alpha value is -2.44. The fourth-order valence-corrected chi connectivity index (χ4v) is 4.54. The minimum atomic E-state index is -0.103. The number of aryl methyl sites for hydroxylation is 1. The van der Waals surface area contributed by atoms with Crippen LogP contribution in [-0.2, 0) is 4.74 Å². The second-order valence-electron chi connectivity index (χ2n) is 7.86. The number of nitrogens with zero attached hydrogens (tertiary/aromatic N) is 2. The van der Waals surface area contributed by atoms with Gasteiger partial charge in [0.2, 0.25) is 0 Å². The number of piperidine rings is 1. The molecule has 0 bridgehead atoms. The molecule has 6 heteroatoms. The number of hydrogen-bond donors (Lipinski definition) is 2. The molecule has 27 heavy (non-hydrogen) atoms. The van der Waals surface area contributed by atoms with Gasteiger partial charge in [0.15, 0.2) is 0 Å². The van der Waals surface area contributed by atoms with E-state index in [-0.39, 0.29) is 17.2 Å². The maximum absolute atomic E-state index is 12.7. The number of ether oxygens (including phenoxy) is 1. The van der Waals surface area contributed by atoms with Gasteiger partial charge in [-0.1, -0.05) is 11.6 Å². The van der Waals surface area contributed by atoms with E-state index in [1.165, 1.54) is 5.56 Å². The van der Waals surface area contributed by atoms with Crippen molar-refractivity contribution in [1.29, 1.82) is 0 Å². The van der Waals surface area contributed by atoms with Gasteiger partial charge in [0, 0.05) is 17.9 Å². The van der Waals surface area contributed by atoms with Gasteiger partial charge in [0.1, 0.15) is 5.82 Å². The molecular formula is C21H24N4O2. The van der Waals surface area contributed by atoms with Crippen LogP contribution in [0.5, 0.6) is 0 Å². The molecule has 2 fully saturated rings. The van der Waals surface area contributed by atoms with E-state index in [1.54, 1.807) is 6.20 Å². The zero-order valence-corrected chi connectivity index (χ0v) is 15.5. The van der Waals surface area contributed by atoms with E-state index >= 15 is 0 Å². The van der Waals surface area contributed by atoms with E-state index in [0.29, 0.717) is 12.2 Å². The predicted octanol–water partition coefficient (Wildman–Crippen LogP) is 2.78. The van der Waals surface area contributed by atoms with E-state index in [0.717, 1.165) is 49.1 Å². The molecule has 0 aliphatic carbocycles. The second-order valence-corrected chi connectivity index (χ2v) is 7.86. The van der Waals surface area contributed by atoms with Crippen LogP contribution in [0.3, 0.4) is 0 Å². The first kappa shape index (κ1) is 16.7. The summed E-state index contributed by atoms with van der Waals surface area (Å²) in [6.07, 6.45) is 6.82. The minimum Gasteiger partial charge on any atom is -0.373 e. The van der Waals surface area contributed by atoms with Crippen LogP contribution in [0.1, 0.15) is 30.9 Å². The van der Waals surface area contributed by atoms with Gasteiger partial charge in [-0.3, -0.25) is 4.79 Å². The van der Waals surface area contributed by atoms with Gasteiger partial charge >= 0.3 is 0 Å². The number of hydrogen-bond acceptors (Lipinski definition) is 4. The van der Waals surface area contributed by atoms with Crippen molar-refractivity contribution < 1.29 is 4.74 Å². The molecule has 2 aliphatic heterocycles. The van der Waals surface area contributed by atoms with E-state index in [1.807, 2.05) is 24.4 Å². The molecule has 5 rings (SSSR count). The van der Waals surface area contributed by atoms with Gasteiger partial charge in [0.25, 0.3) is 5.56 Å². The highest BCUT2D eigenvalue weighted by Gasteiger charge is 2.42. The number of fused-ring (bicyclic) bond motifs is 1. The Morgan fingerprint density at radius 1 is 1.26 bits per heavy atom. The summed E-state index contributed by atoms with van der Waals surface area (Å²) < 4.78 is 8.38. The van der Waals surface area contributed by atoms with Crippen LogP contribution in [0.15, 0.2) is 41.5 Å². The molecule has 3 aromatic rings. The van der Waals surface area contributed by atoms with Crippen molar-refractivity contribution in [2.24, 2.45) is 0 Å². The highest BCUT2D eigenvalue weighted by atomic mass is 16.5. The third-order valence-electron chi connectivity index (χ3n) is 6.01. The summed E-state index contributed by atoms with van der Waals surface area (Å²) >= 11 is 0. The summed E-state index contributed by atoms with van der Waals surface area (Å²) in [5, 5.41) is 4.43. The SMILES string of the molecule is Cc1ccc2[nH]c(=O)c(-c3nccn3C3COC4(CCNCC4)C3)cc2c1. The largest absolute Gasteiger partial charge is 0.373 e. The fraction of sp³-hybridized carbons (Fsp3) is 0.429. The standard InChI is InChI=1S/C21H24N4O2/c1-14-2-3-18-15(10-14)11-17(20(26)24-18)19-23-8-9-25(19)16-12-21(27-13-16)4-6-22-7-5-21/h2-3,8-11,16,22H,4-7,12-13H2,1H3,(H,24,26). The molecule has 4 heterocycles. The lowest BCUT2D eigenvalue weighted by atomic mass is 9.88. The maximum atomic E-state index is 12.7. The lowest BCUT2D eigenvalue weighted by molar-refractivity contribution is -0.0195. The van der Waals surface area contributed by atoms with Crippen molar-refractivity contribution in [2.45, 2.75) is 37.8 Å². The molecule has 2 saturated heterocycles. The van der Waals surface area contributed by atoms with Crippen LogP contribution >= 0.6 is 0 Å². The topological polar surface area (TPSA) is 71.9 Å². The molecule has 1 atom stereocenters. The Bertz CT molecular complexity index is 1050. The van der Waals surface area contributed by atoms with Gasteiger partial charge in [-0.25, -0.2) is 4.98 Å². The molecular weight excluding hydrogens is 340 g/mol. The van der Waals surface area contributed by atoms with Crippen molar-refractivity contribution in [3.05, 3.63) is 52.6 Å². The van der Waals surface area contributed by atoms with Crippen LogP contribution in [0.4, 0.5) is 0 Å². The summed E-state index contributed by atoms with van der Waals surface area (Å²) in [5.74, 6) is 0.722. The average Bonchev–Trinajstić information content (AvgIpc) is 3.30. The molecule has 0 amide bonds. The summed E-state index contributed by atoms with van der Waals surface area (Å²) in [4.78, 5) is 20.3. The maximum Gasteiger partial charge on any atom is 0.259 e. The van der Waals surface area contributed by atoms with Gasteiger partial charge in [-0.2, -0.15) is 0 Å². The van der Waals surface area contributed by atoms with Gasteiger partial charge < -0.3 is 19.6 Å². The molecule has 0 radical (unpaired) electrons. The molecule has 140 valence electrons. The van der Waals surface area contributed by atoms with Crippen molar-refractivity contribution >= 4 is 10.9 Å². The van der Waals surface area contributed by atoms with Crippen molar-refractivity contribution in [3.8, 4) is 11.4 Å². The Kier molecular flexibility index (Phi) is 3.91. The lowest BCUT2D eigenvalue weighted by Crippen LogP contribution is -2.41. The van der Waals surface area contributed by atoms with Crippen LogP contribution in [0.25, 0.3) is 22.3 Å². The Morgan fingerprint density at radius 2 is 2.11 bits per heavy atom. The second kappa shape index (κ2) is 6.32. The molecule has 1 spiro atoms. The highest BCUT2D eigenvalue weighted by molar-refractivity contribution is 5.83. The van der Waals surface area contributed by atoms with Gasteiger partial charge in [0.05, 0.1) is 23.8 Å². The molecule has 2 aliphatic rings. The van der Waals surface area contributed by atoms with Gasteiger partial charge in [-0.15, -0.1) is 0 Å². The molecule has 0 saturated carbocycles. The van der Waals surface area contributed by atoms with E-state index in [2.05, 4.69) is 32.8 Å². The van der Waals surface area contributed by atoms with Gasteiger partial charge in [-0.05, 0) is 62.9 Å². The Labute approximate surface area is 157 Å². The van der Waals surface area contributed by atoms with E-state index in [9.17, 15) is 4.79 Å². The zero-order valence-electron chi connectivity index (χ0n) is 15.5. The Balaban J connectivity index is 1.53. The average molecular weight is 364 g/mol. The summed E-state index contributed by atoms with van der Waals surface area (Å²) in [6.45, 7) is 4.74. The van der Waals surface area contributed by atoms with E-state index < -0.39 is 0 Å². The summed E-state index contributed by atoms with van der Waals surface area (Å²) in [6, 6.07) is 8.22. The van der Waals surface area contributed by atoms with Crippen LogP contribution in [0.2, 0.25) is 0 Å². The number of pyridine rings is 1. The first-order chi connectivity index (χ1) is 13.1. The van der Waals surface area contributed by atoms with Crippen molar-refractivity contribution in [3.63, 3.8) is 0 Å². The molecule has 2 N–H and O–H groups in total. The molecule has 1 unspecified atom stereocenters. The predicted molar refractivity (Wildman–Crippen MR) is 105 cm³/mol. The third-order valence-corrected chi connectivity index (χ3v) is 6.01. The summed E-state index contributed by atoms with van der Waals surface area (Å²) in [5.41, 5.74) is 2.51. The number of H-pyrrole nitrogens is 1. The number of nitrogens with one attached hydrogen (secondary N) is 2. The Morgan fingerprint density at radius 3 is 2.96 bits per heavy atom. The zero-order chi connectivity index (χ0) is 18.4. The van der Waals surface area contributed by atoms with E-state index in [4.69, 9.17) is 4.74 Å². The molecule has 1 aromatic carbocycles. The highest BCUT2D eigenvalue weighted by Crippen LogP contribution is 2.40. The van der Waals surface area contributed by atoms with Crippen molar-refractivity contribution in [1.82, 2.24) is 19.9 Å². The van der Waals surface area contributed by atoms with Crippen LogP contribution in [-0.4, -0.2) is 39.8 Å². The van der Waals surface area contributed by atoms with Crippen LogP contribution in [0, 0.1) is 6.92 Å². The number of benzene rings is 1. The first-order valence-electron chi connectivity index (χ1n) is 9.65. The fourth-order valence-electron chi connectivity index (χ4n) is 4.54. The molecule has 2 aromatic heterocycles.